The summed E-state index contributed by atoms with van der Waals surface area (Å²) in [5.41, 5.74) is 8.24. The lowest BCUT2D eigenvalue weighted by molar-refractivity contribution is 0.0994. The van der Waals surface area contributed by atoms with E-state index in [1.165, 1.54) is 28.5 Å². The Morgan fingerprint density at radius 1 is 1.24 bits per heavy atom. The number of aromatic nitrogens is 2. The Balaban J connectivity index is 1.19. The Labute approximate surface area is 174 Å². The van der Waals surface area contributed by atoms with E-state index >= 15 is 0 Å². The zero-order chi connectivity index (χ0) is 20.1. The molecule has 152 valence electrons. The van der Waals surface area contributed by atoms with Crippen LogP contribution >= 0.6 is 11.3 Å². The van der Waals surface area contributed by atoms with E-state index in [0.717, 1.165) is 45.6 Å². The fraction of sp³-hybridized carbons (Fsp3) is 0.381. The third-order valence-corrected chi connectivity index (χ3v) is 6.15. The van der Waals surface area contributed by atoms with Gasteiger partial charge in [0.05, 0.1) is 6.61 Å². The van der Waals surface area contributed by atoms with Crippen LogP contribution in [0.5, 0.6) is 5.88 Å². The van der Waals surface area contributed by atoms with Crippen molar-refractivity contribution in [3.8, 4) is 5.88 Å². The number of primary amides is 1. The highest BCUT2D eigenvalue weighted by molar-refractivity contribution is 7.11. The van der Waals surface area contributed by atoms with Crippen LogP contribution in [0.1, 0.15) is 27.3 Å². The van der Waals surface area contributed by atoms with Gasteiger partial charge in [-0.3, -0.25) is 9.69 Å². The monoisotopic (exact) mass is 411 g/mol. The number of thiophene rings is 1. The van der Waals surface area contributed by atoms with Gasteiger partial charge in [0.25, 0.3) is 5.91 Å². The molecule has 0 saturated carbocycles. The molecule has 4 rings (SSSR count). The number of carbonyl (C=O) groups excluding carboxylic acids is 1. The fourth-order valence-electron chi connectivity index (χ4n) is 3.63. The maximum Gasteiger partial charge on any atom is 0.267 e. The van der Waals surface area contributed by atoms with Crippen LogP contribution in [0.15, 0.2) is 41.7 Å². The minimum atomic E-state index is -0.579. The van der Waals surface area contributed by atoms with Gasteiger partial charge >= 0.3 is 0 Å². The van der Waals surface area contributed by atoms with Crippen molar-refractivity contribution in [3.05, 3.63) is 57.8 Å². The van der Waals surface area contributed by atoms with E-state index in [9.17, 15) is 4.79 Å². The van der Waals surface area contributed by atoms with Gasteiger partial charge in [-0.1, -0.05) is 6.08 Å². The highest BCUT2D eigenvalue weighted by Crippen LogP contribution is 2.26. The molecule has 1 aliphatic carbocycles. The van der Waals surface area contributed by atoms with E-state index in [4.69, 9.17) is 10.5 Å². The molecular weight excluding hydrogens is 386 g/mol. The summed E-state index contributed by atoms with van der Waals surface area (Å²) in [5, 5.41) is 2.17. The van der Waals surface area contributed by atoms with Gasteiger partial charge in [0.1, 0.15) is 12.0 Å². The van der Waals surface area contributed by atoms with Crippen LogP contribution in [0, 0.1) is 0 Å². The number of fused-ring (bicyclic) bond motifs is 1. The van der Waals surface area contributed by atoms with E-state index in [2.05, 4.69) is 49.4 Å². The molecule has 2 aliphatic rings. The lowest BCUT2D eigenvalue weighted by atomic mass is 10.1. The van der Waals surface area contributed by atoms with Crippen molar-refractivity contribution in [3.63, 3.8) is 0 Å². The second kappa shape index (κ2) is 9.19. The van der Waals surface area contributed by atoms with E-state index < -0.39 is 5.91 Å². The lowest BCUT2D eigenvalue weighted by Crippen LogP contribution is -2.46. The first-order valence-corrected chi connectivity index (χ1v) is 10.7. The molecule has 8 heteroatoms. The molecule has 0 radical (unpaired) electrons. The molecule has 2 N–H and O–H groups in total. The molecular formula is C21H25N5O2S. The minimum absolute atomic E-state index is 0.170. The largest absolute Gasteiger partial charge is 0.478 e. The van der Waals surface area contributed by atoms with Crippen LogP contribution in [-0.4, -0.2) is 65.0 Å². The number of ether oxygens (including phenoxy) is 1. The lowest BCUT2D eigenvalue weighted by Gasteiger charge is -2.37. The highest BCUT2D eigenvalue weighted by atomic mass is 32.1. The van der Waals surface area contributed by atoms with Crippen molar-refractivity contribution in [2.75, 3.05) is 39.3 Å². The van der Waals surface area contributed by atoms with Crippen molar-refractivity contribution < 1.29 is 9.53 Å². The molecule has 1 saturated heterocycles. The summed E-state index contributed by atoms with van der Waals surface area (Å²) in [6, 6.07) is 3.72. The Hall–Kier alpha value is -2.71. The molecule has 7 nitrogen and oxygen atoms in total. The van der Waals surface area contributed by atoms with Gasteiger partial charge in [0.2, 0.25) is 5.88 Å². The van der Waals surface area contributed by atoms with E-state index in [1.54, 1.807) is 0 Å². The van der Waals surface area contributed by atoms with Crippen LogP contribution in [0.4, 0.5) is 0 Å². The van der Waals surface area contributed by atoms with E-state index in [0.29, 0.717) is 12.5 Å². The predicted molar refractivity (Wildman–Crippen MR) is 114 cm³/mol. The molecule has 0 aromatic carbocycles. The summed E-state index contributed by atoms with van der Waals surface area (Å²) in [5.74, 6) is -0.190. The number of nitrogens with zero attached hydrogens (tertiary/aromatic N) is 4. The van der Waals surface area contributed by atoms with Gasteiger partial charge in [-0.25, -0.2) is 9.97 Å². The van der Waals surface area contributed by atoms with Crippen LogP contribution < -0.4 is 10.5 Å². The molecule has 2 aromatic heterocycles. The average molecular weight is 412 g/mol. The van der Waals surface area contributed by atoms with Crippen molar-refractivity contribution in [2.45, 2.75) is 12.8 Å². The zero-order valence-electron chi connectivity index (χ0n) is 16.3. The Bertz CT molecular complexity index is 915. The summed E-state index contributed by atoms with van der Waals surface area (Å²) < 4.78 is 5.63. The molecule has 0 spiro atoms. The van der Waals surface area contributed by atoms with Gasteiger partial charge in [0, 0.05) is 55.8 Å². The van der Waals surface area contributed by atoms with Gasteiger partial charge in [-0.05, 0) is 35.6 Å². The summed E-state index contributed by atoms with van der Waals surface area (Å²) in [6.07, 6.45) is 9.88. The number of piperazine rings is 1. The minimum Gasteiger partial charge on any atom is -0.478 e. The van der Waals surface area contributed by atoms with E-state index in [1.807, 2.05) is 11.3 Å². The van der Waals surface area contributed by atoms with E-state index in [-0.39, 0.29) is 5.69 Å². The summed E-state index contributed by atoms with van der Waals surface area (Å²) >= 11 is 1.81. The molecule has 2 aromatic rings. The number of nitrogens with two attached hydrogens (primary N) is 1. The Morgan fingerprint density at radius 2 is 2.10 bits per heavy atom. The normalized spacial score (nSPS) is 16.8. The maximum absolute atomic E-state index is 11.2. The number of allylic oxidation sites excluding steroid dienone is 3. The second-order valence-corrected chi connectivity index (χ2v) is 8.09. The van der Waals surface area contributed by atoms with Crippen molar-refractivity contribution >= 4 is 23.3 Å². The Morgan fingerprint density at radius 3 is 2.93 bits per heavy atom. The smallest absolute Gasteiger partial charge is 0.267 e. The van der Waals surface area contributed by atoms with Crippen molar-refractivity contribution in [1.82, 2.24) is 19.8 Å². The standard InChI is InChI=1S/C21H25N5O2S/c22-21(27)18-14-20(24-15-23-18)28-11-2-6-25-7-9-26(10-8-25)17-3-1-4-19-16(13-17)5-12-29-19/h1,3-5,12,14-15H,2,6-11,13H2,(H2,22,27). The van der Waals surface area contributed by atoms with Gasteiger partial charge in [-0.15, -0.1) is 11.3 Å². The molecule has 0 unspecified atom stereocenters. The predicted octanol–water partition coefficient (Wildman–Crippen LogP) is 2.18. The van der Waals surface area contributed by atoms with Crippen LogP contribution in [0.25, 0.3) is 6.08 Å². The first-order valence-electron chi connectivity index (χ1n) is 9.84. The molecule has 3 heterocycles. The number of hydrogen-bond acceptors (Lipinski definition) is 7. The molecule has 0 bridgehead atoms. The molecule has 1 fully saturated rings. The highest BCUT2D eigenvalue weighted by Gasteiger charge is 2.20. The molecule has 1 aliphatic heterocycles. The van der Waals surface area contributed by atoms with Gasteiger partial charge in [0.15, 0.2) is 0 Å². The van der Waals surface area contributed by atoms with Crippen LogP contribution in [-0.2, 0) is 6.42 Å². The summed E-state index contributed by atoms with van der Waals surface area (Å²) in [4.78, 5) is 25.3. The zero-order valence-corrected chi connectivity index (χ0v) is 17.1. The van der Waals surface area contributed by atoms with Crippen LogP contribution in [0.3, 0.4) is 0 Å². The first kappa shape index (κ1) is 19.6. The SMILES string of the molecule is NC(=O)c1cc(OCCCN2CCN(C3=CC=Cc4sccc4C3)CC2)ncn1. The molecule has 1 amide bonds. The third-order valence-electron chi connectivity index (χ3n) is 5.23. The fourth-order valence-corrected chi connectivity index (χ4v) is 4.46. The maximum atomic E-state index is 11.2. The Kier molecular flexibility index (Phi) is 6.21. The van der Waals surface area contributed by atoms with Gasteiger partial charge < -0.3 is 15.4 Å². The van der Waals surface area contributed by atoms with Crippen molar-refractivity contribution in [1.29, 1.82) is 0 Å². The molecule has 0 atom stereocenters. The second-order valence-electron chi connectivity index (χ2n) is 7.14. The topological polar surface area (TPSA) is 84.6 Å². The van der Waals surface area contributed by atoms with Crippen molar-refractivity contribution in [2.24, 2.45) is 5.73 Å². The number of carbonyl (C=O) groups is 1. The first-order chi connectivity index (χ1) is 14.2. The summed E-state index contributed by atoms with van der Waals surface area (Å²) in [6.45, 7) is 5.73. The molecule has 29 heavy (non-hydrogen) atoms. The average Bonchev–Trinajstić information content (AvgIpc) is 3.08. The van der Waals surface area contributed by atoms with Gasteiger partial charge in [-0.2, -0.15) is 0 Å². The quantitative estimate of drug-likeness (QED) is 0.703. The third kappa shape index (κ3) is 5.02. The number of amides is 1. The summed E-state index contributed by atoms with van der Waals surface area (Å²) in [7, 11) is 0. The van der Waals surface area contributed by atoms with Crippen LogP contribution in [0.2, 0.25) is 0 Å². The number of hydrogen-bond donors (Lipinski definition) is 1. The number of rotatable bonds is 7.